The van der Waals surface area contributed by atoms with E-state index in [-0.39, 0.29) is 5.91 Å². The van der Waals surface area contributed by atoms with Gasteiger partial charge in [-0.25, -0.2) is 9.97 Å². The monoisotopic (exact) mass is 325 g/mol. The van der Waals surface area contributed by atoms with Crippen LogP contribution in [0.25, 0.3) is 11.0 Å². The highest BCUT2D eigenvalue weighted by Crippen LogP contribution is 2.39. The third-order valence-electron chi connectivity index (χ3n) is 4.77. The quantitative estimate of drug-likeness (QED) is 0.848. The van der Waals surface area contributed by atoms with Crippen molar-refractivity contribution in [3.8, 4) is 11.8 Å². The lowest BCUT2D eigenvalue weighted by molar-refractivity contribution is -0.118. The molecule has 2 atom stereocenters. The summed E-state index contributed by atoms with van der Waals surface area (Å²) in [5.74, 6) is 7.22. The zero-order chi connectivity index (χ0) is 17.1. The summed E-state index contributed by atoms with van der Waals surface area (Å²) in [5, 5.41) is 3.48. The van der Waals surface area contributed by atoms with Gasteiger partial charge < -0.3 is 15.6 Å². The number of nitrogens with two attached hydrogens (primary N) is 1. The summed E-state index contributed by atoms with van der Waals surface area (Å²) in [6, 6.07) is 0.442. The average Bonchev–Trinajstić information content (AvgIpc) is 3.16. The molecule has 2 aromatic rings. The summed E-state index contributed by atoms with van der Waals surface area (Å²) in [6.07, 6.45) is 8.35. The number of hydrogen-bond donors (Lipinski definition) is 2. The zero-order valence-electron chi connectivity index (χ0n) is 14.2. The van der Waals surface area contributed by atoms with E-state index in [1.807, 2.05) is 6.20 Å². The number of nitrogens with one attached hydrogen (secondary N) is 1. The minimum absolute atomic E-state index is 0.0915. The molecule has 0 radical (unpaired) electrons. The summed E-state index contributed by atoms with van der Waals surface area (Å²) < 4.78 is 2.21. The van der Waals surface area contributed by atoms with E-state index in [2.05, 4.69) is 38.6 Å². The SMILES string of the molecule is CCC1CCC(n2cc(C#CCNC(C)=O)c3c(N)ncnc32)C1. The van der Waals surface area contributed by atoms with Crippen LogP contribution >= 0.6 is 0 Å². The van der Waals surface area contributed by atoms with Crippen molar-refractivity contribution in [3.63, 3.8) is 0 Å². The number of carbonyl (C=O) groups excluding carboxylic acids is 1. The van der Waals surface area contributed by atoms with Gasteiger partial charge in [-0.3, -0.25) is 4.79 Å². The van der Waals surface area contributed by atoms with Gasteiger partial charge in [-0.2, -0.15) is 0 Å². The molecule has 0 saturated heterocycles. The predicted molar refractivity (Wildman–Crippen MR) is 94.2 cm³/mol. The molecular weight excluding hydrogens is 302 g/mol. The van der Waals surface area contributed by atoms with Crippen molar-refractivity contribution in [2.24, 2.45) is 5.92 Å². The van der Waals surface area contributed by atoms with E-state index in [0.717, 1.165) is 28.9 Å². The second kappa shape index (κ2) is 6.91. The van der Waals surface area contributed by atoms with Gasteiger partial charge in [-0.05, 0) is 25.2 Å². The van der Waals surface area contributed by atoms with E-state index in [9.17, 15) is 4.79 Å². The van der Waals surface area contributed by atoms with Crippen LogP contribution in [0.2, 0.25) is 0 Å². The molecule has 1 saturated carbocycles. The summed E-state index contributed by atoms with van der Waals surface area (Å²) >= 11 is 0. The Labute approximate surface area is 141 Å². The number of aromatic nitrogens is 3. The molecular formula is C18H23N5O. The highest BCUT2D eigenvalue weighted by atomic mass is 16.1. The van der Waals surface area contributed by atoms with Gasteiger partial charge in [0.15, 0.2) is 0 Å². The molecule has 0 aliphatic heterocycles. The molecule has 0 aromatic carbocycles. The normalized spacial score (nSPS) is 19.9. The maximum Gasteiger partial charge on any atom is 0.217 e. The van der Waals surface area contributed by atoms with Gasteiger partial charge in [0.05, 0.1) is 17.5 Å². The summed E-state index contributed by atoms with van der Waals surface area (Å²) in [5.41, 5.74) is 7.75. The van der Waals surface area contributed by atoms with Gasteiger partial charge >= 0.3 is 0 Å². The number of amides is 1. The van der Waals surface area contributed by atoms with E-state index in [1.165, 1.54) is 32.5 Å². The van der Waals surface area contributed by atoms with E-state index < -0.39 is 0 Å². The molecule has 6 nitrogen and oxygen atoms in total. The second-order valence-electron chi connectivity index (χ2n) is 6.36. The van der Waals surface area contributed by atoms with Crippen LogP contribution in [0.3, 0.4) is 0 Å². The fourth-order valence-electron chi connectivity index (χ4n) is 3.46. The van der Waals surface area contributed by atoms with Gasteiger partial charge in [0.1, 0.15) is 17.8 Å². The van der Waals surface area contributed by atoms with Gasteiger partial charge in [-0.15, -0.1) is 0 Å². The minimum Gasteiger partial charge on any atom is -0.383 e. The lowest BCUT2D eigenvalue weighted by Crippen LogP contribution is -2.19. The zero-order valence-corrected chi connectivity index (χ0v) is 14.2. The van der Waals surface area contributed by atoms with Crippen LogP contribution in [-0.4, -0.2) is 27.0 Å². The van der Waals surface area contributed by atoms with Crippen molar-refractivity contribution in [2.45, 2.75) is 45.6 Å². The number of nitrogens with zero attached hydrogens (tertiary/aromatic N) is 3. The van der Waals surface area contributed by atoms with Crippen LogP contribution < -0.4 is 11.1 Å². The summed E-state index contributed by atoms with van der Waals surface area (Å²) in [6.45, 7) is 4.04. The van der Waals surface area contributed by atoms with Crippen molar-refractivity contribution in [2.75, 3.05) is 12.3 Å². The number of nitrogen functional groups attached to an aromatic ring is 1. The van der Waals surface area contributed by atoms with Crippen LogP contribution in [0.5, 0.6) is 0 Å². The largest absolute Gasteiger partial charge is 0.383 e. The van der Waals surface area contributed by atoms with Crippen molar-refractivity contribution < 1.29 is 4.79 Å². The Morgan fingerprint density at radius 3 is 3.00 bits per heavy atom. The standard InChI is InChI=1S/C18H23N5O/c1-3-13-6-7-15(9-13)23-10-14(5-4-8-20-12(2)24)16-17(19)21-11-22-18(16)23/h10-11,13,15H,3,6-9H2,1-2H3,(H,20,24)(H2,19,21,22). The molecule has 1 aliphatic carbocycles. The molecule has 3 rings (SSSR count). The fourth-order valence-corrected chi connectivity index (χ4v) is 3.46. The lowest BCUT2D eigenvalue weighted by atomic mass is 10.1. The minimum atomic E-state index is -0.0915. The number of rotatable bonds is 3. The Morgan fingerprint density at radius 2 is 2.29 bits per heavy atom. The topological polar surface area (TPSA) is 85.8 Å². The Kier molecular flexibility index (Phi) is 4.70. The molecule has 1 amide bonds. The molecule has 2 aromatic heterocycles. The predicted octanol–water partition coefficient (Wildman–Crippen LogP) is 2.25. The van der Waals surface area contributed by atoms with Gasteiger partial charge in [0.2, 0.25) is 5.91 Å². The number of carbonyl (C=O) groups is 1. The molecule has 2 unspecified atom stereocenters. The molecule has 24 heavy (non-hydrogen) atoms. The van der Waals surface area contributed by atoms with Crippen molar-refractivity contribution in [1.29, 1.82) is 0 Å². The van der Waals surface area contributed by atoms with Crippen molar-refractivity contribution in [3.05, 3.63) is 18.1 Å². The Hall–Kier alpha value is -2.55. The lowest BCUT2D eigenvalue weighted by Gasteiger charge is -2.13. The van der Waals surface area contributed by atoms with Crippen LogP contribution in [0, 0.1) is 17.8 Å². The second-order valence-corrected chi connectivity index (χ2v) is 6.36. The Balaban J connectivity index is 1.96. The van der Waals surface area contributed by atoms with Crippen molar-refractivity contribution in [1.82, 2.24) is 19.9 Å². The molecule has 0 spiro atoms. The first-order chi connectivity index (χ1) is 11.6. The smallest absolute Gasteiger partial charge is 0.217 e. The van der Waals surface area contributed by atoms with E-state index in [4.69, 9.17) is 5.73 Å². The Bertz CT molecular complexity index is 814. The molecule has 6 heteroatoms. The van der Waals surface area contributed by atoms with E-state index in [1.54, 1.807) is 0 Å². The summed E-state index contributed by atoms with van der Waals surface area (Å²) in [4.78, 5) is 19.5. The third-order valence-corrected chi connectivity index (χ3v) is 4.77. The van der Waals surface area contributed by atoms with Crippen LogP contribution in [0.4, 0.5) is 5.82 Å². The highest BCUT2D eigenvalue weighted by molar-refractivity contribution is 5.92. The number of anilines is 1. The maximum atomic E-state index is 10.9. The van der Waals surface area contributed by atoms with Crippen LogP contribution in [0.1, 0.15) is 51.1 Å². The molecule has 1 aliphatic rings. The third kappa shape index (κ3) is 3.21. The molecule has 2 heterocycles. The summed E-state index contributed by atoms with van der Waals surface area (Å²) in [7, 11) is 0. The number of fused-ring (bicyclic) bond motifs is 1. The highest BCUT2D eigenvalue weighted by Gasteiger charge is 2.27. The maximum absolute atomic E-state index is 10.9. The Morgan fingerprint density at radius 1 is 1.46 bits per heavy atom. The number of hydrogen-bond acceptors (Lipinski definition) is 4. The first-order valence-corrected chi connectivity index (χ1v) is 8.44. The molecule has 1 fully saturated rings. The molecule has 3 N–H and O–H groups in total. The average molecular weight is 325 g/mol. The fraction of sp³-hybridized carbons (Fsp3) is 0.500. The molecule has 126 valence electrons. The van der Waals surface area contributed by atoms with Crippen LogP contribution in [-0.2, 0) is 4.79 Å². The first kappa shape index (κ1) is 16.3. The van der Waals surface area contributed by atoms with Gasteiger partial charge in [0, 0.05) is 19.2 Å². The van der Waals surface area contributed by atoms with Gasteiger partial charge in [-0.1, -0.05) is 25.2 Å². The van der Waals surface area contributed by atoms with Crippen LogP contribution in [0.15, 0.2) is 12.5 Å². The van der Waals surface area contributed by atoms with Gasteiger partial charge in [0.25, 0.3) is 0 Å². The van der Waals surface area contributed by atoms with E-state index in [0.29, 0.717) is 18.4 Å². The first-order valence-electron chi connectivity index (χ1n) is 8.44. The van der Waals surface area contributed by atoms with E-state index >= 15 is 0 Å². The van der Waals surface area contributed by atoms with Crippen molar-refractivity contribution >= 4 is 22.8 Å². The molecule has 0 bridgehead atoms.